The van der Waals surface area contributed by atoms with Crippen LogP contribution in [0.2, 0.25) is 0 Å². The van der Waals surface area contributed by atoms with Crippen LogP contribution in [-0.4, -0.2) is 19.8 Å². The number of hydrogen-bond donors (Lipinski definition) is 1. The van der Waals surface area contributed by atoms with Gasteiger partial charge in [0.2, 0.25) is 0 Å². The van der Waals surface area contributed by atoms with Crippen LogP contribution >= 0.6 is 0 Å². The van der Waals surface area contributed by atoms with E-state index in [9.17, 15) is 0 Å². The second-order valence-electron chi connectivity index (χ2n) is 4.62. The van der Waals surface area contributed by atoms with Crippen molar-refractivity contribution in [3.8, 4) is 0 Å². The number of hydrogen-bond acceptors (Lipinski definition) is 2. The summed E-state index contributed by atoms with van der Waals surface area (Å²) in [5.41, 5.74) is 2.68. The molecule has 2 rings (SSSR count). The van der Waals surface area contributed by atoms with E-state index in [1.165, 1.54) is 24.0 Å². The fourth-order valence-electron chi connectivity index (χ4n) is 2.31. The molecule has 0 saturated carbocycles. The third-order valence-electron chi connectivity index (χ3n) is 3.35. The molecule has 1 N–H and O–H groups in total. The summed E-state index contributed by atoms with van der Waals surface area (Å²) in [6.07, 6.45) is 3.96. The minimum atomic E-state index is 0.420. The van der Waals surface area contributed by atoms with Gasteiger partial charge in [-0.1, -0.05) is 29.8 Å². The van der Waals surface area contributed by atoms with Gasteiger partial charge < -0.3 is 10.1 Å². The van der Waals surface area contributed by atoms with Crippen molar-refractivity contribution in [3.05, 3.63) is 35.4 Å². The summed E-state index contributed by atoms with van der Waals surface area (Å²) < 4.78 is 5.69. The molecule has 1 aliphatic heterocycles. The summed E-state index contributed by atoms with van der Waals surface area (Å²) in [4.78, 5) is 0. The van der Waals surface area contributed by atoms with Crippen molar-refractivity contribution >= 4 is 0 Å². The second-order valence-corrected chi connectivity index (χ2v) is 4.62. The summed E-state index contributed by atoms with van der Waals surface area (Å²) in [6.45, 7) is 3.06. The molecule has 0 spiro atoms. The Bertz CT molecular complexity index is 314. The van der Waals surface area contributed by atoms with E-state index in [2.05, 4.69) is 36.5 Å². The van der Waals surface area contributed by atoms with E-state index in [0.29, 0.717) is 12.1 Å². The van der Waals surface area contributed by atoms with E-state index in [0.717, 1.165) is 13.0 Å². The van der Waals surface area contributed by atoms with Crippen molar-refractivity contribution in [2.75, 3.05) is 13.7 Å². The van der Waals surface area contributed by atoms with Crippen LogP contribution in [0.15, 0.2) is 24.3 Å². The lowest BCUT2D eigenvalue weighted by molar-refractivity contribution is 0.0954. The lowest BCUT2D eigenvalue weighted by Gasteiger charge is -2.20. The van der Waals surface area contributed by atoms with Crippen LogP contribution in [0.1, 0.15) is 36.4 Å². The zero-order valence-electron chi connectivity index (χ0n) is 10.2. The molecule has 0 radical (unpaired) electrons. The smallest absolute Gasteiger partial charge is 0.0594 e. The van der Waals surface area contributed by atoms with E-state index in [4.69, 9.17) is 4.74 Å². The molecule has 1 saturated heterocycles. The van der Waals surface area contributed by atoms with Crippen molar-refractivity contribution in [1.29, 1.82) is 0 Å². The third kappa shape index (κ3) is 2.83. The summed E-state index contributed by atoms with van der Waals surface area (Å²) in [5, 5.41) is 3.38. The lowest BCUT2D eigenvalue weighted by atomic mass is 9.98. The molecule has 0 bridgehead atoms. The Hall–Kier alpha value is -0.860. The number of ether oxygens (including phenoxy) is 1. The van der Waals surface area contributed by atoms with Crippen LogP contribution in [-0.2, 0) is 4.74 Å². The van der Waals surface area contributed by atoms with Gasteiger partial charge in [0.05, 0.1) is 6.10 Å². The van der Waals surface area contributed by atoms with Gasteiger partial charge in [-0.15, -0.1) is 0 Å². The van der Waals surface area contributed by atoms with E-state index < -0.39 is 0 Å². The van der Waals surface area contributed by atoms with Gasteiger partial charge in [-0.25, -0.2) is 0 Å². The maximum atomic E-state index is 5.69. The molecule has 1 aromatic rings. The molecule has 0 aromatic heterocycles. The second kappa shape index (κ2) is 5.46. The minimum absolute atomic E-state index is 0.420. The van der Waals surface area contributed by atoms with Gasteiger partial charge >= 0.3 is 0 Å². The average molecular weight is 219 g/mol. The van der Waals surface area contributed by atoms with E-state index in [-0.39, 0.29) is 0 Å². The molecule has 0 amide bonds. The zero-order chi connectivity index (χ0) is 11.4. The molecule has 1 heterocycles. The fourth-order valence-corrected chi connectivity index (χ4v) is 2.31. The minimum Gasteiger partial charge on any atom is -0.378 e. The summed E-state index contributed by atoms with van der Waals surface area (Å²) in [7, 11) is 2.03. The fraction of sp³-hybridized carbons (Fsp3) is 0.571. The maximum Gasteiger partial charge on any atom is 0.0594 e. The van der Waals surface area contributed by atoms with Crippen LogP contribution in [0.3, 0.4) is 0 Å². The van der Waals surface area contributed by atoms with Crippen molar-refractivity contribution in [2.45, 2.75) is 38.3 Å². The SMILES string of the molecule is CNC(CC1CCCO1)c1ccc(C)cc1. The molecule has 2 nitrogen and oxygen atoms in total. The van der Waals surface area contributed by atoms with Crippen molar-refractivity contribution < 1.29 is 4.74 Å². The topological polar surface area (TPSA) is 21.3 Å². The highest BCUT2D eigenvalue weighted by Crippen LogP contribution is 2.25. The van der Waals surface area contributed by atoms with E-state index >= 15 is 0 Å². The largest absolute Gasteiger partial charge is 0.378 e. The Labute approximate surface area is 98.0 Å². The van der Waals surface area contributed by atoms with Gasteiger partial charge in [-0.05, 0) is 38.8 Å². The monoisotopic (exact) mass is 219 g/mol. The number of nitrogens with one attached hydrogen (secondary N) is 1. The average Bonchev–Trinajstić information content (AvgIpc) is 2.80. The summed E-state index contributed by atoms with van der Waals surface area (Å²) in [6, 6.07) is 9.20. The van der Waals surface area contributed by atoms with Gasteiger partial charge in [0.1, 0.15) is 0 Å². The standard InChI is InChI=1S/C14H21NO/c1-11-5-7-12(8-6-11)14(15-2)10-13-4-3-9-16-13/h5-8,13-15H,3-4,9-10H2,1-2H3. The van der Waals surface area contributed by atoms with Crippen LogP contribution in [0, 0.1) is 6.92 Å². The Kier molecular flexibility index (Phi) is 3.97. The zero-order valence-corrected chi connectivity index (χ0v) is 10.2. The summed E-state index contributed by atoms with van der Waals surface area (Å²) >= 11 is 0. The number of aryl methyl sites for hydroxylation is 1. The van der Waals surface area contributed by atoms with Crippen molar-refractivity contribution in [3.63, 3.8) is 0 Å². The number of benzene rings is 1. The Morgan fingerprint density at radius 3 is 2.69 bits per heavy atom. The predicted molar refractivity (Wildman–Crippen MR) is 66.6 cm³/mol. The first-order valence-electron chi connectivity index (χ1n) is 6.15. The molecular formula is C14H21NO. The van der Waals surface area contributed by atoms with Crippen LogP contribution < -0.4 is 5.32 Å². The van der Waals surface area contributed by atoms with Crippen molar-refractivity contribution in [1.82, 2.24) is 5.32 Å². The molecular weight excluding hydrogens is 198 g/mol. The van der Waals surface area contributed by atoms with E-state index in [1.807, 2.05) is 7.05 Å². The normalized spacial score (nSPS) is 22.2. The molecule has 0 aliphatic carbocycles. The van der Waals surface area contributed by atoms with Crippen LogP contribution in [0.25, 0.3) is 0 Å². The molecule has 88 valence electrons. The maximum absolute atomic E-state index is 5.69. The molecule has 2 unspecified atom stereocenters. The predicted octanol–water partition coefficient (Wildman–Crippen LogP) is 2.82. The molecule has 2 atom stereocenters. The molecule has 1 aliphatic rings. The Balaban J connectivity index is 2.00. The first-order chi connectivity index (χ1) is 7.79. The summed E-state index contributed by atoms with van der Waals surface area (Å²) in [5.74, 6) is 0. The lowest BCUT2D eigenvalue weighted by Crippen LogP contribution is -2.22. The molecule has 16 heavy (non-hydrogen) atoms. The van der Waals surface area contributed by atoms with Gasteiger partial charge in [-0.3, -0.25) is 0 Å². The molecule has 1 aromatic carbocycles. The van der Waals surface area contributed by atoms with Gasteiger partial charge in [-0.2, -0.15) is 0 Å². The highest BCUT2D eigenvalue weighted by Gasteiger charge is 2.20. The highest BCUT2D eigenvalue weighted by atomic mass is 16.5. The Morgan fingerprint density at radius 2 is 2.12 bits per heavy atom. The highest BCUT2D eigenvalue weighted by molar-refractivity contribution is 5.24. The first-order valence-corrected chi connectivity index (χ1v) is 6.15. The third-order valence-corrected chi connectivity index (χ3v) is 3.35. The van der Waals surface area contributed by atoms with Crippen LogP contribution in [0.4, 0.5) is 0 Å². The van der Waals surface area contributed by atoms with Gasteiger partial charge in [0, 0.05) is 12.6 Å². The van der Waals surface area contributed by atoms with Crippen molar-refractivity contribution in [2.24, 2.45) is 0 Å². The van der Waals surface area contributed by atoms with Crippen LogP contribution in [0.5, 0.6) is 0 Å². The van der Waals surface area contributed by atoms with Gasteiger partial charge in [0.15, 0.2) is 0 Å². The molecule has 2 heteroatoms. The molecule has 1 fully saturated rings. The number of rotatable bonds is 4. The Morgan fingerprint density at radius 1 is 1.38 bits per heavy atom. The quantitative estimate of drug-likeness (QED) is 0.840. The first kappa shape index (κ1) is 11.6. The van der Waals surface area contributed by atoms with Gasteiger partial charge in [0.25, 0.3) is 0 Å². The van der Waals surface area contributed by atoms with E-state index in [1.54, 1.807) is 0 Å².